The van der Waals surface area contributed by atoms with Crippen LogP contribution in [0.2, 0.25) is 0 Å². The van der Waals surface area contributed by atoms with Crippen LogP contribution in [0.5, 0.6) is 0 Å². The van der Waals surface area contributed by atoms with Crippen molar-refractivity contribution < 1.29 is 4.74 Å². The van der Waals surface area contributed by atoms with Crippen LogP contribution in [0, 0.1) is 0 Å². The van der Waals surface area contributed by atoms with Gasteiger partial charge in [0.25, 0.3) is 0 Å². The standard InChI is InChI=1S/C15H26N2O/c1-14(12-16-10-7-11-18-3)17(2)13-15-8-5-4-6-9-15/h4-6,8-9,14,16H,7,10-13H2,1-3H3. The van der Waals surface area contributed by atoms with Crippen molar-refractivity contribution in [1.29, 1.82) is 0 Å². The highest BCUT2D eigenvalue weighted by Crippen LogP contribution is 2.05. The Morgan fingerprint density at radius 1 is 1.28 bits per heavy atom. The second kappa shape index (κ2) is 9.09. The summed E-state index contributed by atoms with van der Waals surface area (Å²) in [7, 11) is 3.92. The average Bonchev–Trinajstić information content (AvgIpc) is 2.39. The van der Waals surface area contributed by atoms with Crippen molar-refractivity contribution in [3.63, 3.8) is 0 Å². The summed E-state index contributed by atoms with van der Waals surface area (Å²) in [6.45, 7) is 6.14. The molecule has 18 heavy (non-hydrogen) atoms. The maximum absolute atomic E-state index is 5.02. The molecule has 3 heteroatoms. The number of ether oxygens (including phenoxy) is 1. The fourth-order valence-electron chi connectivity index (χ4n) is 1.84. The third-order valence-corrected chi connectivity index (χ3v) is 3.17. The molecule has 0 bridgehead atoms. The third-order valence-electron chi connectivity index (χ3n) is 3.17. The summed E-state index contributed by atoms with van der Waals surface area (Å²) in [6.07, 6.45) is 1.08. The number of hydrogen-bond donors (Lipinski definition) is 1. The Bertz CT molecular complexity index is 303. The minimum Gasteiger partial charge on any atom is -0.385 e. The largest absolute Gasteiger partial charge is 0.385 e. The van der Waals surface area contributed by atoms with Crippen LogP contribution in [0.3, 0.4) is 0 Å². The van der Waals surface area contributed by atoms with Gasteiger partial charge in [0, 0.05) is 32.8 Å². The van der Waals surface area contributed by atoms with Crippen LogP contribution in [-0.4, -0.2) is 44.8 Å². The van der Waals surface area contributed by atoms with E-state index in [9.17, 15) is 0 Å². The molecule has 0 heterocycles. The van der Waals surface area contributed by atoms with Gasteiger partial charge in [0.15, 0.2) is 0 Å². The first-order chi connectivity index (χ1) is 8.74. The molecule has 1 rings (SSSR count). The van der Waals surface area contributed by atoms with Crippen LogP contribution in [0.1, 0.15) is 18.9 Å². The van der Waals surface area contributed by atoms with E-state index in [1.807, 2.05) is 0 Å². The van der Waals surface area contributed by atoms with Gasteiger partial charge in [-0.05, 0) is 32.5 Å². The highest BCUT2D eigenvalue weighted by molar-refractivity contribution is 5.14. The SMILES string of the molecule is COCCCNCC(C)N(C)Cc1ccccc1. The van der Waals surface area contributed by atoms with Crippen molar-refractivity contribution in [2.75, 3.05) is 33.9 Å². The Hall–Kier alpha value is -0.900. The van der Waals surface area contributed by atoms with Gasteiger partial charge >= 0.3 is 0 Å². The maximum atomic E-state index is 5.02. The third kappa shape index (κ3) is 6.15. The topological polar surface area (TPSA) is 24.5 Å². The molecule has 0 saturated heterocycles. The van der Waals surface area contributed by atoms with Crippen molar-refractivity contribution in [3.8, 4) is 0 Å². The summed E-state index contributed by atoms with van der Waals surface area (Å²) >= 11 is 0. The molecule has 0 aromatic heterocycles. The van der Waals surface area contributed by atoms with Crippen LogP contribution >= 0.6 is 0 Å². The van der Waals surface area contributed by atoms with Gasteiger partial charge in [-0.15, -0.1) is 0 Å². The van der Waals surface area contributed by atoms with E-state index >= 15 is 0 Å². The van der Waals surface area contributed by atoms with E-state index in [1.165, 1.54) is 5.56 Å². The number of methoxy groups -OCH3 is 1. The van der Waals surface area contributed by atoms with Crippen molar-refractivity contribution in [1.82, 2.24) is 10.2 Å². The zero-order chi connectivity index (χ0) is 13.2. The molecule has 0 aliphatic heterocycles. The van der Waals surface area contributed by atoms with Crippen molar-refractivity contribution in [3.05, 3.63) is 35.9 Å². The lowest BCUT2D eigenvalue weighted by molar-refractivity contribution is 0.191. The molecule has 1 atom stereocenters. The first kappa shape index (κ1) is 15.2. The lowest BCUT2D eigenvalue weighted by Gasteiger charge is -2.25. The molecule has 0 aliphatic rings. The molecule has 0 fully saturated rings. The van der Waals surface area contributed by atoms with E-state index in [4.69, 9.17) is 4.74 Å². The Kier molecular flexibility index (Phi) is 7.65. The molecule has 1 N–H and O–H groups in total. The van der Waals surface area contributed by atoms with E-state index in [0.717, 1.165) is 32.7 Å². The molecule has 0 aliphatic carbocycles. The number of rotatable bonds is 9. The van der Waals surface area contributed by atoms with E-state index in [2.05, 4.69) is 54.5 Å². The van der Waals surface area contributed by atoms with Gasteiger partial charge in [-0.3, -0.25) is 4.90 Å². The van der Waals surface area contributed by atoms with Gasteiger partial charge in [-0.2, -0.15) is 0 Å². The molecule has 1 unspecified atom stereocenters. The minimum absolute atomic E-state index is 0.535. The van der Waals surface area contributed by atoms with Crippen molar-refractivity contribution in [2.45, 2.75) is 25.9 Å². The fourth-order valence-corrected chi connectivity index (χ4v) is 1.84. The van der Waals surface area contributed by atoms with Crippen molar-refractivity contribution >= 4 is 0 Å². The van der Waals surface area contributed by atoms with Gasteiger partial charge in [0.2, 0.25) is 0 Å². The first-order valence-electron chi connectivity index (χ1n) is 6.68. The Morgan fingerprint density at radius 3 is 2.67 bits per heavy atom. The molecule has 102 valence electrons. The van der Waals surface area contributed by atoms with Crippen LogP contribution in [0.25, 0.3) is 0 Å². The predicted molar refractivity (Wildman–Crippen MR) is 76.7 cm³/mol. The highest BCUT2D eigenvalue weighted by Gasteiger charge is 2.08. The zero-order valence-corrected chi connectivity index (χ0v) is 11.9. The van der Waals surface area contributed by atoms with Gasteiger partial charge in [-0.1, -0.05) is 30.3 Å². The average molecular weight is 250 g/mol. The zero-order valence-electron chi connectivity index (χ0n) is 11.9. The lowest BCUT2D eigenvalue weighted by atomic mass is 10.2. The number of benzene rings is 1. The molecular weight excluding hydrogens is 224 g/mol. The van der Waals surface area contributed by atoms with Crippen LogP contribution in [0.4, 0.5) is 0 Å². The Labute approximate surface area is 111 Å². The molecule has 0 radical (unpaired) electrons. The summed E-state index contributed by atoms with van der Waals surface area (Å²) in [5, 5.41) is 3.46. The molecule has 1 aromatic carbocycles. The molecule has 0 spiro atoms. The number of nitrogens with one attached hydrogen (secondary N) is 1. The molecule has 3 nitrogen and oxygen atoms in total. The molecule has 0 saturated carbocycles. The second-order valence-corrected chi connectivity index (χ2v) is 4.80. The van der Waals surface area contributed by atoms with Gasteiger partial charge in [0.1, 0.15) is 0 Å². The van der Waals surface area contributed by atoms with E-state index < -0.39 is 0 Å². The summed E-state index contributed by atoms with van der Waals surface area (Å²) < 4.78 is 5.02. The highest BCUT2D eigenvalue weighted by atomic mass is 16.5. The predicted octanol–water partition coefficient (Wildman–Crippen LogP) is 2.13. The molecule has 0 amide bonds. The van der Waals surface area contributed by atoms with E-state index in [-0.39, 0.29) is 0 Å². The van der Waals surface area contributed by atoms with Gasteiger partial charge in [0.05, 0.1) is 0 Å². The lowest BCUT2D eigenvalue weighted by Crippen LogP contribution is -2.37. The van der Waals surface area contributed by atoms with E-state index in [1.54, 1.807) is 7.11 Å². The number of likely N-dealkylation sites (N-methyl/N-ethyl adjacent to an activating group) is 1. The van der Waals surface area contributed by atoms with Crippen LogP contribution < -0.4 is 5.32 Å². The summed E-state index contributed by atoms with van der Waals surface area (Å²) in [5.41, 5.74) is 1.37. The van der Waals surface area contributed by atoms with E-state index in [0.29, 0.717) is 6.04 Å². The van der Waals surface area contributed by atoms with Gasteiger partial charge < -0.3 is 10.1 Å². The summed E-state index contributed by atoms with van der Waals surface area (Å²) in [6, 6.07) is 11.1. The number of hydrogen-bond acceptors (Lipinski definition) is 3. The quantitative estimate of drug-likeness (QED) is 0.680. The maximum Gasteiger partial charge on any atom is 0.0474 e. The summed E-state index contributed by atoms with van der Waals surface area (Å²) in [5.74, 6) is 0. The monoisotopic (exact) mass is 250 g/mol. The second-order valence-electron chi connectivity index (χ2n) is 4.80. The number of nitrogens with zero attached hydrogens (tertiary/aromatic N) is 1. The smallest absolute Gasteiger partial charge is 0.0474 e. The Morgan fingerprint density at radius 2 is 2.00 bits per heavy atom. The van der Waals surface area contributed by atoms with Crippen LogP contribution in [-0.2, 0) is 11.3 Å². The molecule has 1 aromatic rings. The van der Waals surface area contributed by atoms with Gasteiger partial charge in [-0.25, -0.2) is 0 Å². The Balaban J connectivity index is 2.18. The summed E-state index contributed by atoms with van der Waals surface area (Å²) in [4.78, 5) is 2.37. The first-order valence-corrected chi connectivity index (χ1v) is 6.68. The van der Waals surface area contributed by atoms with Crippen molar-refractivity contribution in [2.24, 2.45) is 0 Å². The van der Waals surface area contributed by atoms with Crippen LogP contribution in [0.15, 0.2) is 30.3 Å². The molecular formula is C15H26N2O. The fraction of sp³-hybridized carbons (Fsp3) is 0.600. The minimum atomic E-state index is 0.535. The normalized spacial score (nSPS) is 12.9.